The predicted octanol–water partition coefficient (Wildman–Crippen LogP) is 9.33. The van der Waals surface area contributed by atoms with Crippen molar-refractivity contribution in [1.82, 2.24) is 0 Å². The number of hydrogen-bond donors (Lipinski definition) is 0. The number of hydrogen-bond acceptors (Lipinski definition) is 4. The van der Waals surface area contributed by atoms with E-state index in [4.69, 9.17) is 4.99 Å². The van der Waals surface area contributed by atoms with E-state index in [1.807, 2.05) is 35.3 Å². The fraction of sp³-hybridized carbons (Fsp3) is 0.296. The summed E-state index contributed by atoms with van der Waals surface area (Å²) in [6.07, 6.45) is 4.69. The lowest BCUT2D eigenvalue weighted by Crippen LogP contribution is -2.09. The molecule has 0 saturated carbocycles. The molecule has 0 bridgehead atoms. The molecule has 4 heteroatoms. The van der Waals surface area contributed by atoms with Crippen LogP contribution in [0, 0.1) is 0 Å². The first kappa shape index (κ1) is 24.0. The standard InChI is InChI=1S/C27H31NS3/c1-3-4-14-22(2)29-26(28-23-15-8-5-9-16-23)21-27(30-24-17-10-6-11-18-24)31-25-19-12-7-13-20-25/h5-13,15-20,22,27H,3-4,14,21H2,1-2H3. The molecular weight excluding hydrogens is 435 g/mol. The summed E-state index contributed by atoms with van der Waals surface area (Å²) in [6, 6.07) is 31.8. The van der Waals surface area contributed by atoms with Gasteiger partial charge in [-0.15, -0.1) is 35.3 Å². The Balaban J connectivity index is 1.81. The summed E-state index contributed by atoms with van der Waals surface area (Å²) in [6.45, 7) is 4.60. The molecule has 0 radical (unpaired) electrons. The summed E-state index contributed by atoms with van der Waals surface area (Å²) in [7, 11) is 0. The van der Waals surface area contributed by atoms with E-state index in [9.17, 15) is 0 Å². The van der Waals surface area contributed by atoms with Crippen LogP contribution < -0.4 is 0 Å². The molecule has 0 fully saturated rings. The number of nitrogens with zero attached hydrogens (tertiary/aromatic N) is 1. The van der Waals surface area contributed by atoms with Crippen LogP contribution in [0.25, 0.3) is 0 Å². The summed E-state index contributed by atoms with van der Waals surface area (Å²) in [4.78, 5) is 7.69. The number of para-hydroxylation sites is 1. The van der Waals surface area contributed by atoms with Crippen molar-refractivity contribution in [3.8, 4) is 0 Å². The third-order valence-electron chi connectivity index (χ3n) is 4.67. The van der Waals surface area contributed by atoms with Gasteiger partial charge in [-0.1, -0.05) is 81.3 Å². The van der Waals surface area contributed by atoms with Crippen molar-refractivity contribution in [3.05, 3.63) is 91.0 Å². The van der Waals surface area contributed by atoms with Crippen LogP contribution in [0.2, 0.25) is 0 Å². The van der Waals surface area contributed by atoms with Gasteiger partial charge in [0.25, 0.3) is 0 Å². The van der Waals surface area contributed by atoms with Crippen molar-refractivity contribution in [1.29, 1.82) is 0 Å². The average Bonchev–Trinajstić information content (AvgIpc) is 2.79. The van der Waals surface area contributed by atoms with Gasteiger partial charge in [0.2, 0.25) is 0 Å². The van der Waals surface area contributed by atoms with Crippen LogP contribution in [-0.4, -0.2) is 14.9 Å². The molecule has 0 aliphatic heterocycles. The molecule has 0 aromatic heterocycles. The van der Waals surface area contributed by atoms with Gasteiger partial charge in [-0.05, 0) is 42.8 Å². The first-order valence-electron chi connectivity index (χ1n) is 11.0. The second-order valence-electron chi connectivity index (χ2n) is 7.41. The monoisotopic (exact) mass is 465 g/mol. The minimum atomic E-state index is 0.359. The fourth-order valence-corrected chi connectivity index (χ4v) is 7.06. The van der Waals surface area contributed by atoms with Crippen LogP contribution in [0.3, 0.4) is 0 Å². The van der Waals surface area contributed by atoms with Crippen LogP contribution >= 0.6 is 35.3 Å². The van der Waals surface area contributed by atoms with Crippen molar-refractivity contribution in [2.24, 2.45) is 4.99 Å². The number of benzene rings is 3. The van der Waals surface area contributed by atoms with Gasteiger partial charge in [-0.25, -0.2) is 4.99 Å². The van der Waals surface area contributed by atoms with Gasteiger partial charge >= 0.3 is 0 Å². The van der Waals surface area contributed by atoms with Crippen molar-refractivity contribution < 1.29 is 0 Å². The van der Waals surface area contributed by atoms with Gasteiger partial charge in [0.15, 0.2) is 0 Å². The fourth-order valence-electron chi connectivity index (χ4n) is 3.10. The molecule has 3 aromatic rings. The van der Waals surface area contributed by atoms with Gasteiger partial charge in [0, 0.05) is 21.5 Å². The van der Waals surface area contributed by atoms with Crippen molar-refractivity contribution in [3.63, 3.8) is 0 Å². The van der Waals surface area contributed by atoms with Crippen LogP contribution in [0.5, 0.6) is 0 Å². The van der Waals surface area contributed by atoms with Crippen molar-refractivity contribution in [2.75, 3.05) is 0 Å². The molecule has 31 heavy (non-hydrogen) atoms. The van der Waals surface area contributed by atoms with Gasteiger partial charge < -0.3 is 0 Å². The molecule has 0 N–H and O–H groups in total. The molecular formula is C27H31NS3. The zero-order valence-electron chi connectivity index (χ0n) is 18.3. The Hall–Kier alpha value is -1.62. The summed E-state index contributed by atoms with van der Waals surface area (Å²) < 4.78 is 0.359. The molecule has 3 aromatic carbocycles. The Morgan fingerprint density at radius 2 is 1.29 bits per heavy atom. The minimum Gasteiger partial charge on any atom is -0.247 e. The second kappa shape index (κ2) is 13.7. The summed E-state index contributed by atoms with van der Waals surface area (Å²) in [5.41, 5.74) is 1.04. The highest BCUT2D eigenvalue weighted by molar-refractivity contribution is 8.18. The molecule has 0 heterocycles. The van der Waals surface area contributed by atoms with Crippen LogP contribution in [0.1, 0.15) is 39.5 Å². The molecule has 3 rings (SSSR count). The molecule has 1 atom stereocenters. The quantitative estimate of drug-likeness (QED) is 0.121. The van der Waals surface area contributed by atoms with E-state index in [0.717, 1.165) is 12.1 Å². The van der Waals surface area contributed by atoms with Gasteiger partial charge in [-0.2, -0.15) is 0 Å². The van der Waals surface area contributed by atoms with Gasteiger partial charge in [0.05, 0.1) is 15.3 Å². The lowest BCUT2D eigenvalue weighted by Gasteiger charge is -2.19. The van der Waals surface area contributed by atoms with Crippen LogP contribution in [0.15, 0.2) is 106 Å². The summed E-state index contributed by atoms with van der Waals surface area (Å²) in [5.74, 6) is 0. The molecule has 0 saturated heterocycles. The molecule has 0 aliphatic carbocycles. The highest BCUT2D eigenvalue weighted by atomic mass is 32.2. The minimum absolute atomic E-state index is 0.359. The summed E-state index contributed by atoms with van der Waals surface area (Å²) >= 11 is 5.82. The van der Waals surface area contributed by atoms with E-state index in [0.29, 0.717) is 9.83 Å². The number of rotatable bonds is 11. The summed E-state index contributed by atoms with van der Waals surface area (Å²) in [5, 5.41) is 1.80. The van der Waals surface area contributed by atoms with Crippen molar-refractivity contribution in [2.45, 2.75) is 59.2 Å². The van der Waals surface area contributed by atoms with Crippen LogP contribution in [0.4, 0.5) is 5.69 Å². The van der Waals surface area contributed by atoms with Crippen molar-refractivity contribution >= 4 is 46.0 Å². The average molecular weight is 466 g/mol. The molecule has 0 aliphatic rings. The normalized spacial score (nSPS) is 12.8. The number of thioether (sulfide) groups is 3. The lowest BCUT2D eigenvalue weighted by molar-refractivity contribution is 0.714. The Morgan fingerprint density at radius 3 is 1.81 bits per heavy atom. The first-order valence-corrected chi connectivity index (χ1v) is 13.6. The topological polar surface area (TPSA) is 12.4 Å². The van der Waals surface area contributed by atoms with E-state index in [-0.39, 0.29) is 0 Å². The molecule has 1 unspecified atom stereocenters. The van der Waals surface area contributed by atoms with E-state index in [2.05, 4.69) is 105 Å². The largest absolute Gasteiger partial charge is 0.247 e. The first-order chi connectivity index (χ1) is 15.2. The van der Waals surface area contributed by atoms with E-state index < -0.39 is 0 Å². The molecule has 162 valence electrons. The third-order valence-corrected chi connectivity index (χ3v) is 8.37. The van der Waals surface area contributed by atoms with Gasteiger partial charge in [0.1, 0.15) is 0 Å². The van der Waals surface area contributed by atoms with Gasteiger partial charge in [-0.3, -0.25) is 0 Å². The maximum absolute atomic E-state index is 5.08. The van der Waals surface area contributed by atoms with E-state index in [1.54, 1.807) is 0 Å². The number of aliphatic imine (C=N–C) groups is 1. The maximum Gasteiger partial charge on any atom is 0.0761 e. The zero-order chi connectivity index (χ0) is 21.7. The molecule has 0 amide bonds. The predicted molar refractivity (Wildman–Crippen MR) is 143 cm³/mol. The molecule has 0 spiro atoms. The highest BCUT2D eigenvalue weighted by Gasteiger charge is 2.18. The Bertz CT molecular complexity index is 856. The smallest absolute Gasteiger partial charge is 0.0761 e. The number of unbranched alkanes of at least 4 members (excludes halogenated alkanes) is 1. The third kappa shape index (κ3) is 9.18. The van der Waals surface area contributed by atoms with E-state index >= 15 is 0 Å². The maximum atomic E-state index is 5.08. The SMILES string of the molecule is CCCCC(C)SC(CC(Sc1ccccc1)Sc1ccccc1)=Nc1ccccc1. The Kier molecular flexibility index (Phi) is 10.6. The second-order valence-corrected chi connectivity index (χ2v) is 11.8. The molecule has 1 nitrogen and oxygen atoms in total. The Morgan fingerprint density at radius 1 is 0.774 bits per heavy atom. The zero-order valence-corrected chi connectivity index (χ0v) is 20.8. The Labute approximate surface area is 200 Å². The lowest BCUT2D eigenvalue weighted by atomic mass is 10.2. The van der Waals surface area contributed by atoms with E-state index in [1.165, 1.54) is 34.1 Å². The van der Waals surface area contributed by atoms with Crippen LogP contribution in [-0.2, 0) is 0 Å². The highest BCUT2D eigenvalue weighted by Crippen LogP contribution is 2.39.